The van der Waals surface area contributed by atoms with Gasteiger partial charge in [-0.25, -0.2) is 4.98 Å². The molecule has 1 aliphatic carbocycles. The summed E-state index contributed by atoms with van der Waals surface area (Å²) in [4.78, 5) is 15.9. The van der Waals surface area contributed by atoms with E-state index < -0.39 is 0 Å². The van der Waals surface area contributed by atoms with Crippen LogP contribution >= 0.6 is 11.6 Å². The number of nitrogens with zero attached hydrogens (tertiary/aromatic N) is 1. The Balaban J connectivity index is 2.04. The predicted octanol–water partition coefficient (Wildman–Crippen LogP) is 1.80. The van der Waals surface area contributed by atoms with Crippen LogP contribution in [0.3, 0.4) is 0 Å². The molecule has 1 amide bonds. The minimum atomic E-state index is -0.361. The van der Waals surface area contributed by atoms with E-state index in [4.69, 9.17) is 17.3 Å². The molecule has 0 unspecified atom stereocenters. The molecule has 0 radical (unpaired) electrons. The molecule has 0 spiro atoms. The molecule has 3 N–H and O–H groups in total. The van der Waals surface area contributed by atoms with Gasteiger partial charge in [0, 0.05) is 6.54 Å². The van der Waals surface area contributed by atoms with E-state index in [9.17, 15) is 4.79 Å². The number of hydrogen-bond donors (Lipinski definition) is 2. The van der Waals surface area contributed by atoms with Gasteiger partial charge in [0.1, 0.15) is 5.15 Å². The fourth-order valence-corrected chi connectivity index (χ4v) is 1.95. The molecule has 1 heterocycles. The molecule has 0 aromatic carbocycles. The van der Waals surface area contributed by atoms with E-state index in [0.29, 0.717) is 17.4 Å². The van der Waals surface area contributed by atoms with Crippen molar-refractivity contribution in [1.82, 2.24) is 4.98 Å². The maximum Gasteiger partial charge on any atom is 0.231 e. The number of carbonyl (C=O) groups is 1. The lowest BCUT2D eigenvalue weighted by Crippen LogP contribution is -2.47. The molecule has 0 bridgehead atoms. The molecule has 86 valence electrons. The van der Waals surface area contributed by atoms with Crippen molar-refractivity contribution < 1.29 is 4.79 Å². The van der Waals surface area contributed by atoms with Gasteiger partial charge >= 0.3 is 0 Å². The van der Waals surface area contributed by atoms with Gasteiger partial charge in [0.15, 0.2) is 0 Å². The van der Waals surface area contributed by atoms with Crippen LogP contribution in [-0.2, 0) is 4.79 Å². The highest BCUT2D eigenvalue weighted by Gasteiger charge is 2.42. The summed E-state index contributed by atoms with van der Waals surface area (Å²) in [7, 11) is 0. The average Bonchev–Trinajstić information content (AvgIpc) is 2.21. The molecular weight excluding hydrogens is 226 g/mol. The molecule has 1 saturated carbocycles. The Bertz CT molecular complexity index is 381. The van der Waals surface area contributed by atoms with Gasteiger partial charge in [-0.2, -0.15) is 0 Å². The first-order valence-electron chi connectivity index (χ1n) is 5.29. The quantitative estimate of drug-likeness (QED) is 0.791. The zero-order valence-electron chi connectivity index (χ0n) is 8.87. The summed E-state index contributed by atoms with van der Waals surface area (Å²) in [6.45, 7) is 0.403. The molecular formula is C11H14ClN3O. The Labute approximate surface area is 99.2 Å². The number of carbonyl (C=O) groups excluding carboxylic acids is 1. The summed E-state index contributed by atoms with van der Waals surface area (Å²) in [6, 6.07) is 3.38. The van der Waals surface area contributed by atoms with Gasteiger partial charge < -0.3 is 11.1 Å². The highest BCUT2D eigenvalue weighted by Crippen LogP contribution is 2.40. The van der Waals surface area contributed by atoms with Crippen LogP contribution in [0.15, 0.2) is 18.3 Å². The second-order valence-electron chi connectivity index (χ2n) is 4.16. The third kappa shape index (κ3) is 2.03. The van der Waals surface area contributed by atoms with E-state index in [1.165, 1.54) is 0 Å². The fraction of sp³-hybridized carbons (Fsp3) is 0.455. The number of halogens is 1. The number of hydrogen-bond acceptors (Lipinski definition) is 3. The first kappa shape index (κ1) is 11.4. The highest BCUT2D eigenvalue weighted by molar-refractivity contribution is 6.29. The van der Waals surface area contributed by atoms with Crippen molar-refractivity contribution in [1.29, 1.82) is 0 Å². The summed E-state index contributed by atoms with van der Waals surface area (Å²) in [5.41, 5.74) is 5.95. The standard InChI is InChI=1S/C11H14ClN3O/c12-9-3-2-8(6-14-9)15-10(16)11(7-13)4-1-5-11/h2-3,6H,1,4-5,7,13H2,(H,15,16). The van der Waals surface area contributed by atoms with Crippen molar-refractivity contribution in [3.05, 3.63) is 23.5 Å². The number of nitrogens with two attached hydrogens (primary N) is 1. The highest BCUT2D eigenvalue weighted by atomic mass is 35.5. The van der Waals surface area contributed by atoms with Crippen LogP contribution in [0.2, 0.25) is 5.15 Å². The van der Waals surface area contributed by atoms with Crippen molar-refractivity contribution in [2.75, 3.05) is 11.9 Å². The topological polar surface area (TPSA) is 68.0 Å². The molecule has 0 aliphatic heterocycles. The monoisotopic (exact) mass is 239 g/mol. The number of aromatic nitrogens is 1. The molecule has 2 rings (SSSR count). The number of nitrogens with one attached hydrogen (secondary N) is 1. The second-order valence-corrected chi connectivity index (χ2v) is 4.55. The minimum absolute atomic E-state index is 0.00891. The summed E-state index contributed by atoms with van der Waals surface area (Å²) in [6.07, 6.45) is 4.36. The van der Waals surface area contributed by atoms with Crippen molar-refractivity contribution in [3.63, 3.8) is 0 Å². The minimum Gasteiger partial charge on any atom is -0.329 e. The van der Waals surface area contributed by atoms with Crippen LogP contribution in [0.5, 0.6) is 0 Å². The van der Waals surface area contributed by atoms with Gasteiger partial charge in [-0.05, 0) is 25.0 Å². The summed E-state index contributed by atoms with van der Waals surface area (Å²) < 4.78 is 0. The summed E-state index contributed by atoms with van der Waals surface area (Å²) in [5.74, 6) is -0.00891. The van der Waals surface area contributed by atoms with Gasteiger partial charge in [-0.1, -0.05) is 18.0 Å². The van der Waals surface area contributed by atoms with Crippen molar-refractivity contribution in [3.8, 4) is 0 Å². The zero-order chi connectivity index (χ0) is 11.6. The van der Waals surface area contributed by atoms with E-state index in [-0.39, 0.29) is 11.3 Å². The van der Waals surface area contributed by atoms with E-state index >= 15 is 0 Å². The van der Waals surface area contributed by atoms with Gasteiger partial charge in [0.25, 0.3) is 0 Å². The molecule has 4 nitrogen and oxygen atoms in total. The molecule has 0 atom stereocenters. The molecule has 5 heteroatoms. The zero-order valence-corrected chi connectivity index (χ0v) is 9.63. The van der Waals surface area contributed by atoms with E-state index in [0.717, 1.165) is 19.3 Å². The smallest absolute Gasteiger partial charge is 0.231 e. The van der Waals surface area contributed by atoms with Crippen LogP contribution in [-0.4, -0.2) is 17.4 Å². The maximum absolute atomic E-state index is 12.0. The fourth-order valence-electron chi connectivity index (χ4n) is 1.84. The average molecular weight is 240 g/mol. The molecule has 0 saturated heterocycles. The Kier molecular flexibility index (Phi) is 3.12. The maximum atomic E-state index is 12.0. The Morgan fingerprint density at radius 2 is 2.31 bits per heavy atom. The lowest BCUT2D eigenvalue weighted by Gasteiger charge is -2.38. The predicted molar refractivity (Wildman–Crippen MR) is 63.2 cm³/mol. The van der Waals surface area contributed by atoms with Gasteiger partial charge in [-0.3, -0.25) is 4.79 Å². The second kappa shape index (κ2) is 4.39. The third-order valence-corrected chi connectivity index (χ3v) is 3.39. The number of pyridine rings is 1. The molecule has 1 aromatic heterocycles. The molecule has 1 aromatic rings. The van der Waals surface area contributed by atoms with Crippen LogP contribution in [0, 0.1) is 5.41 Å². The normalized spacial score (nSPS) is 17.6. The number of rotatable bonds is 3. The largest absolute Gasteiger partial charge is 0.329 e. The third-order valence-electron chi connectivity index (χ3n) is 3.17. The van der Waals surface area contributed by atoms with Gasteiger partial charge in [0.05, 0.1) is 17.3 Å². The van der Waals surface area contributed by atoms with Crippen LogP contribution in [0.1, 0.15) is 19.3 Å². The first-order chi connectivity index (χ1) is 7.66. The molecule has 16 heavy (non-hydrogen) atoms. The van der Waals surface area contributed by atoms with Crippen molar-refractivity contribution >= 4 is 23.2 Å². The molecule has 1 fully saturated rings. The summed E-state index contributed by atoms with van der Waals surface area (Å²) >= 11 is 5.66. The van der Waals surface area contributed by atoms with Crippen LogP contribution in [0.25, 0.3) is 0 Å². The Morgan fingerprint density at radius 1 is 1.56 bits per heavy atom. The number of amides is 1. The van der Waals surface area contributed by atoms with E-state index in [2.05, 4.69) is 10.3 Å². The lowest BCUT2D eigenvalue weighted by molar-refractivity contribution is -0.129. The lowest BCUT2D eigenvalue weighted by atomic mass is 9.68. The van der Waals surface area contributed by atoms with E-state index in [1.807, 2.05) is 0 Å². The van der Waals surface area contributed by atoms with Gasteiger partial charge in [0.2, 0.25) is 5.91 Å². The van der Waals surface area contributed by atoms with Crippen LogP contribution < -0.4 is 11.1 Å². The van der Waals surface area contributed by atoms with Crippen molar-refractivity contribution in [2.24, 2.45) is 11.1 Å². The van der Waals surface area contributed by atoms with Crippen LogP contribution in [0.4, 0.5) is 5.69 Å². The Hall–Kier alpha value is -1.13. The van der Waals surface area contributed by atoms with Crippen molar-refractivity contribution in [2.45, 2.75) is 19.3 Å². The SMILES string of the molecule is NCC1(C(=O)Nc2ccc(Cl)nc2)CCC1. The Morgan fingerprint density at radius 3 is 2.75 bits per heavy atom. The molecule has 1 aliphatic rings. The van der Waals surface area contributed by atoms with Gasteiger partial charge in [-0.15, -0.1) is 0 Å². The van der Waals surface area contributed by atoms with E-state index in [1.54, 1.807) is 18.3 Å². The first-order valence-corrected chi connectivity index (χ1v) is 5.67. The summed E-state index contributed by atoms with van der Waals surface area (Å²) in [5, 5.41) is 3.23. The number of anilines is 1.